The molecule has 0 fully saturated rings. The quantitative estimate of drug-likeness (QED) is 0.702. The van der Waals surface area contributed by atoms with E-state index in [0.29, 0.717) is 21.8 Å². The molecule has 0 bridgehead atoms. The van der Waals surface area contributed by atoms with Crippen molar-refractivity contribution in [3.05, 3.63) is 64.2 Å². The van der Waals surface area contributed by atoms with Gasteiger partial charge >= 0.3 is 5.97 Å². The number of aryl methyl sites for hydroxylation is 1. The summed E-state index contributed by atoms with van der Waals surface area (Å²) in [5, 5.41) is 14.8. The fraction of sp³-hybridized carbons (Fsp3) is 0.250. The molecule has 0 aliphatic carbocycles. The zero-order valence-electron chi connectivity index (χ0n) is 15.2. The van der Waals surface area contributed by atoms with E-state index in [4.69, 9.17) is 16.7 Å². The van der Waals surface area contributed by atoms with Crippen LogP contribution in [-0.4, -0.2) is 28.9 Å². The van der Waals surface area contributed by atoms with Gasteiger partial charge in [0.2, 0.25) is 5.91 Å². The molecule has 0 spiro atoms. The van der Waals surface area contributed by atoms with Crippen LogP contribution in [0.15, 0.2) is 42.5 Å². The smallest absolute Gasteiger partial charge is 0.335 e. The van der Waals surface area contributed by atoms with Crippen LogP contribution in [0.1, 0.15) is 40.1 Å². The number of carbonyl (C=O) groups excluding carboxylic acids is 2. The molecular formula is C20H21ClN2O4. The minimum absolute atomic E-state index is 0.167. The molecule has 3 N–H and O–H groups in total. The number of rotatable bonds is 6. The van der Waals surface area contributed by atoms with Crippen LogP contribution < -0.4 is 10.6 Å². The van der Waals surface area contributed by atoms with Crippen LogP contribution in [0.4, 0.5) is 5.69 Å². The minimum atomic E-state index is -1.03. The number of anilines is 1. The molecule has 1 unspecified atom stereocenters. The van der Waals surface area contributed by atoms with E-state index in [1.165, 1.54) is 12.1 Å². The number of hydrogen-bond donors (Lipinski definition) is 3. The van der Waals surface area contributed by atoms with E-state index < -0.39 is 23.8 Å². The van der Waals surface area contributed by atoms with Crippen molar-refractivity contribution in [3.63, 3.8) is 0 Å². The van der Waals surface area contributed by atoms with Crippen LogP contribution in [0.3, 0.4) is 0 Å². The number of carboxylic acids is 1. The molecule has 2 aromatic carbocycles. The number of nitrogens with one attached hydrogen (secondary N) is 2. The Kier molecular flexibility index (Phi) is 6.58. The normalized spacial score (nSPS) is 11.7. The fourth-order valence-electron chi connectivity index (χ4n) is 2.60. The van der Waals surface area contributed by atoms with Crippen LogP contribution in [0.25, 0.3) is 0 Å². The Balaban J connectivity index is 2.16. The lowest BCUT2D eigenvalue weighted by Gasteiger charge is -2.22. The Bertz CT molecular complexity index is 880. The van der Waals surface area contributed by atoms with Gasteiger partial charge in [0.1, 0.15) is 6.04 Å². The van der Waals surface area contributed by atoms with Gasteiger partial charge in [0.25, 0.3) is 5.91 Å². The van der Waals surface area contributed by atoms with Crippen LogP contribution >= 0.6 is 11.6 Å². The van der Waals surface area contributed by atoms with Crippen molar-refractivity contribution in [2.75, 3.05) is 5.32 Å². The summed E-state index contributed by atoms with van der Waals surface area (Å²) in [4.78, 5) is 36.2. The number of halogens is 1. The Hall–Kier alpha value is -2.86. The van der Waals surface area contributed by atoms with Crippen molar-refractivity contribution >= 4 is 35.1 Å². The first-order valence-corrected chi connectivity index (χ1v) is 8.78. The summed E-state index contributed by atoms with van der Waals surface area (Å²) in [5.41, 5.74) is 1.45. The Morgan fingerprint density at radius 2 is 1.70 bits per heavy atom. The average molecular weight is 389 g/mol. The summed E-state index contributed by atoms with van der Waals surface area (Å²) >= 11 is 6.04. The SMILES string of the molecule is Cc1cc(NC(=O)C(NC(=O)c2ccccc2Cl)C(C)C)ccc1C(=O)O. The molecule has 6 nitrogen and oxygen atoms in total. The molecule has 2 aromatic rings. The number of aromatic carboxylic acids is 1. The van der Waals surface area contributed by atoms with Gasteiger partial charge in [-0.25, -0.2) is 4.79 Å². The Morgan fingerprint density at radius 3 is 2.26 bits per heavy atom. The molecule has 0 aliphatic rings. The monoisotopic (exact) mass is 388 g/mol. The van der Waals surface area contributed by atoms with Crippen molar-refractivity contribution in [3.8, 4) is 0 Å². The molecule has 2 rings (SSSR count). The maximum Gasteiger partial charge on any atom is 0.335 e. The highest BCUT2D eigenvalue weighted by atomic mass is 35.5. The van der Waals surface area contributed by atoms with E-state index in [9.17, 15) is 14.4 Å². The highest BCUT2D eigenvalue weighted by Crippen LogP contribution is 2.18. The zero-order valence-corrected chi connectivity index (χ0v) is 16.0. The van der Waals surface area contributed by atoms with Gasteiger partial charge < -0.3 is 15.7 Å². The third kappa shape index (κ3) is 5.08. The number of carboxylic acid groups (broad SMARTS) is 1. The van der Waals surface area contributed by atoms with Gasteiger partial charge in [-0.3, -0.25) is 9.59 Å². The minimum Gasteiger partial charge on any atom is -0.478 e. The van der Waals surface area contributed by atoms with Crippen molar-refractivity contribution in [1.29, 1.82) is 0 Å². The average Bonchev–Trinajstić information content (AvgIpc) is 2.59. The molecule has 2 amide bonds. The number of hydrogen-bond acceptors (Lipinski definition) is 3. The van der Waals surface area contributed by atoms with Gasteiger partial charge in [-0.15, -0.1) is 0 Å². The maximum absolute atomic E-state index is 12.7. The maximum atomic E-state index is 12.7. The second kappa shape index (κ2) is 8.68. The van der Waals surface area contributed by atoms with Crippen molar-refractivity contribution in [1.82, 2.24) is 5.32 Å². The van der Waals surface area contributed by atoms with E-state index >= 15 is 0 Å². The van der Waals surface area contributed by atoms with Gasteiger partial charge in [-0.1, -0.05) is 37.6 Å². The molecular weight excluding hydrogens is 368 g/mol. The van der Waals surface area contributed by atoms with E-state index in [1.54, 1.807) is 37.3 Å². The number of benzene rings is 2. The summed E-state index contributed by atoms with van der Waals surface area (Å²) in [6.45, 7) is 5.28. The van der Waals surface area contributed by atoms with Gasteiger partial charge in [0.15, 0.2) is 0 Å². The highest BCUT2D eigenvalue weighted by molar-refractivity contribution is 6.33. The third-order valence-electron chi connectivity index (χ3n) is 4.08. The molecule has 1 atom stereocenters. The number of amides is 2. The van der Waals surface area contributed by atoms with Crippen molar-refractivity contribution < 1.29 is 19.5 Å². The van der Waals surface area contributed by atoms with Crippen LogP contribution in [0.5, 0.6) is 0 Å². The molecule has 0 aliphatic heterocycles. The van der Waals surface area contributed by atoms with Gasteiger partial charge in [0, 0.05) is 5.69 Å². The lowest BCUT2D eigenvalue weighted by molar-refractivity contribution is -0.118. The first-order valence-electron chi connectivity index (χ1n) is 8.41. The molecule has 0 heterocycles. The van der Waals surface area contributed by atoms with Crippen LogP contribution in [-0.2, 0) is 4.79 Å². The predicted molar refractivity (Wildman–Crippen MR) is 104 cm³/mol. The van der Waals surface area contributed by atoms with Gasteiger partial charge in [-0.05, 0) is 48.7 Å². The lowest BCUT2D eigenvalue weighted by Crippen LogP contribution is -2.47. The molecule has 142 valence electrons. The van der Waals surface area contributed by atoms with Crippen molar-refractivity contribution in [2.24, 2.45) is 5.92 Å². The first-order chi connectivity index (χ1) is 12.7. The summed E-state index contributed by atoms with van der Waals surface area (Å²) in [7, 11) is 0. The Labute approximate surface area is 162 Å². The highest BCUT2D eigenvalue weighted by Gasteiger charge is 2.25. The van der Waals surface area contributed by atoms with E-state index in [-0.39, 0.29) is 11.5 Å². The van der Waals surface area contributed by atoms with Crippen LogP contribution in [0.2, 0.25) is 5.02 Å². The van der Waals surface area contributed by atoms with Gasteiger partial charge in [-0.2, -0.15) is 0 Å². The second-order valence-corrected chi connectivity index (χ2v) is 6.91. The van der Waals surface area contributed by atoms with E-state index in [2.05, 4.69) is 10.6 Å². The predicted octanol–water partition coefficient (Wildman–Crippen LogP) is 3.74. The summed E-state index contributed by atoms with van der Waals surface area (Å²) in [5.74, 6) is -2.03. The standard InChI is InChI=1S/C20H21ClN2O4/c1-11(2)17(23-18(24)15-6-4-5-7-16(15)21)19(25)22-13-8-9-14(20(26)27)12(3)10-13/h4-11,17H,1-3H3,(H,22,25)(H,23,24)(H,26,27). The molecule has 27 heavy (non-hydrogen) atoms. The fourth-order valence-corrected chi connectivity index (χ4v) is 2.82. The van der Waals surface area contributed by atoms with Crippen LogP contribution in [0, 0.1) is 12.8 Å². The second-order valence-electron chi connectivity index (χ2n) is 6.50. The van der Waals surface area contributed by atoms with E-state index in [0.717, 1.165) is 0 Å². The largest absolute Gasteiger partial charge is 0.478 e. The summed E-state index contributed by atoms with van der Waals surface area (Å²) in [6.07, 6.45) is 0. The molecule has 0 radical (unpaired) electrons. The molecule has 0 saturated carbocycles. The third-order valence-corrected chi connectivity index (χ3v) is 4.41. The molecule has 0 aromatic heterocycles. The van der Waals surface area contributed by atoms with Gasteiger partial charge in [0.05, 0.1) is 16.1 Å². The summed E-state index contributed by atoms with van der Waals surface area (Å²) < 4.78 is 0. The molecule has 0 saturated heterocycles. The van der Waals surface area contributed by atoms with E-state index in [1.807, 2.05) is 13.8 Å². The lowest BCUT2D eigenvalue weighted by atomic mass is 10.0. The summed E-state index contributed by atoms with van der Waals surface area (Å²) in [6, 6.07) is 10.3. The zero-order chi connectivity index (χ0) is 20.1. The number of carbonyl (C=O) groups is 3. The van der Waals surface area contributed by atoms with Crippen molar-refractivity contribution in [2.45, 2.75) is 26.8 Å². The topological polar surface area (TPSA) is 95.5 Å². The molecule has 7 heteroatoms. The first kappa shape index (κ1) is 20.5. The Morgan fingerprint density at radius 1 is 1.04 bits per heavy atom.